The maximum absolute atomic E-state index is 13.2. The van der Waals surface area contributed by atoms with Crippen LogP contribution >= 0.6 is 0 Å². The molecule has 2 heteroatoms. The van der Waals surface area contributed by atoms with Crippen molar-refractivity contribution in [2.75, 3.05) is 0 Å². The smallest absolute Gasteiger partial charge is 0.140 e. The van der Waals surface area contributed by atoms with Crippen LogP contribution in [0.4, 0.5) is 0 Å². The molecule has 0 aromatic carbocycles. The van der Waals surface area contributed by atoms with E-state index in [0.29, 0.717) is 18.1 Å². The average Bonchev–Trinajstić information content (AvgIpc) is 2.75. The molecular formula is C29H50O2. The van der Waals surface area contributed by atoms with E-state index in [4.69, 9.17) is 0 Å². The highest BCUT2D eigenvalue weighted by Gasteiger charge is 2.60. The third kappa shape index (κ3) is 6.46. The summed E-state index contributed by atoms with van der Waals surface area (Å²) in [7, 11) is 0. The van der Waals surface area contributed by atoms with Gasteiger partial charge in [-0.15, -0.1) is 6.58 Å². The topological polar surface area (TPSA) is 37.3 Å². The Morgan fingerprint density at radius 2 is 1.35 bits per heavy atom. The summed E-state index contributed by atoms with van der Waals surface area (Å²) in [5, 5.41) is 11.1. The Hall–Kier alpha value is -0.630. The summed E-state index contributed by atoms with van der Waals surface area (Å²) >= 11 is 0. The van der Waals surface area contributed by atoms with Gasteiger partial charge in [0.2, 0.25) is 0 Å². The van der Waals surface area contributed by atoms with E-state index >= 15 is 0 Å². The van der Waals surface area contributed by atoms with Crippen LogP contribution in [0.5, 0.6) is 0 Å². The van der Waals surface area contributed by atoms with Gasteiger partial charge in [0.15, 0.2) is 0 Å². The van der Waals surface area contributed by atoms with Crippen molar-refractivity contribution < 1.29 is 9.90 Å². The second kappa shape index (κ2) is 12.6. The lowest BCUT2D eigenvalue weighted by Gasteiger charge is -2.61. The van der Waals surface area contributed by atoms with E-state index in [1.54, 1.807) is 0 Å². The molecular weight excluding hydrogens is 380 g/mol. The highest BCUT2D eigenvalue weighted by Crippen LogP contribution is 2.63. The molecule has 178 valence electrons. The predicted octanol–water partition coefficient (Wildman–Crippen LogP) is 8.03. The van der Waals surface area contributed by atoms with Gasteiger partial charge in [-0.3, -0.25) is 4.79 Å². The molecule has 0 aromatic rings. The zero-order valence-electron chi connectivity index (χ0n) is 20.5. The van der Waals surface area contributed by atoms with Crippen LogP contribution in [0.25, 0.3) is 0 Å². The Kier molecular flexibility index (Phi) is 10.1. The second-order valence-corrected chi connectivity index (χ2v) is 11.5. The number of hydrogen-bond donors (Lipinski definition) is 1. The third-order valence-electron chi connectivity index (χ3n) is 9.04. The van der Waals surface area contributed by atoms with Crippen molar-refractivity contribution in [3.8, 4) is 0 Å². The summed E-state index contributed by atoms with van der Waals surface area (Å²) in [6, 6.07) is 0. The maximum Gasteiger partial charge on any atom is 0.140 e. The van der Waals surface area contributed by atoms with Gasteiger partial charge in [-0.1, -0.05) is 90.0 Å². The molecule has 0 heterocycles. The van der Waals surface area contributed by atoms with E-state index in [0.717, 1.165) is 31.1 Å². The Labute approximate surface area is 192 Å². The summed E-state index contributed by atoms with van der Waals surface area (Å²) in [5.41, 5.74) is -0.176. The van der Waals surface area contributed by atoms with E-state index in [-0.39, 0.29) is 17.4 Å². The molecule has 4 atom stereocenters. The Bertz CT molecular complexity index is 539. The minimum Gasteiger partial charge on any atom is -0.392 e. The molecule has 4 unspecified atom stereocenters. The highest BCUT2D eigenvalue weighted by atomic mass is 16.3. The number of Topliss-reactive ketones (excluding diaryl/α,β-unsaturated/α-hetero) is 1. The standard InChI is InChI=1S/C29H50O2/c1-3-5-6-7-8-9-10-11-12-13-14-15-16-17-27(30)26(4-2)29-21-23-18-24(22-29)20-25(19-23)28(29)31/h4,23-26,28,31H,2-3,5-22H2,1H3. The first kappa shape index (κ1) is 25.0. The summed E-state index contributed by atoms with van der Waals surface area (Å²) in [5.74, 6) is 2.17. The fraction of sp³-hybridized carbons (Fsp3) is 0.897. The van der Waals surface area contributed by atoms with Gasteiger partial charge >= 0.3 is 0 Å². The molecule has 4 aliphatic carbocycles. The quantitative estimate of drug-likeness (QED) is 0.187. The number of rotatable bonds is 17. The molecule has 0 saturated heterocycles. The second-order valence-electron chi connectivity index (χ2n) is 11.5. The molecule has 4 fully saturated rings. The highest BCUT2D eigenvalue weighted by molar-refractivity contribution is 5.83. The van der Waals surface area contributed by atoms with Gasteiger partial charge in [-0.25, -0.2) is 0 Å². The monoisotopic (exact) mass is 430 g/mol. The van der Waals surface area contributed by atoms with E-state index in [1.807, 2.05) is 6.08 Å². The number of unbranched alkanes of at least 4 members (excludes halogenated alkanes) is 12. The number of aliphatic hydroxyl groups excluding tert-OH is 1. The summed E-state index contributed by atoms with van der Waals surface area (Å²) in [6.45, 7) is 6.33. The van der Waals surface area contributed by atoms with Gasteiger partial charge in [0.1, 0.15) is 5.78 Å². The van der Waals surface area contributed by atoms with E-state index in [2.05, 4.69) is 13.5 Å². The van der Waals surface area contributed by atoms with Gasteiger partial charge in [0.05, 0.1) is 6.10 Å². The van der Waals surface area contributed by atoms with Gasteiger partial charge < -0.3 is 5.11 Å². The normalized spacial score (nSPS) is 32.3. The SMILES string of the molecule is C=CC(C(=O)CCCCCCCCCCCCCCC)C12CC3CC(CC(C3)C1O)C2. The molecule has 0 aliphatic heterocycles. The largest absolute Gasteiger partial charge is 0.392 e. The average molecular weight is 431 g/mol. The van der Waals surface area contributed by atoms with Crippen LogP contribution in [0.1, 0.15) is 129 Å². The van der Waals surface area contributed by atoms with Crippen LogP contribution in [-0.2, 0) is 4.79 Å². The van der Waals surface area contributed by atoms with Crippen molar-refractivity contribution in [2.24, 2.45) is 29.1 Å². The molecule has 0 radical (unpaired) electrons. The Morgan fingerprint density at radius 3 is 1.84 bits per heavy atom. The Morgan fingerprint density at radius 1 is 0.871 bits per heavy atom. The van der Waals surface area contributed by atoms with Crippen molar-refractivity contribution in [2.45, 2.75) is 135 Å². The molecule has 4 saturated carbocycles. The molecule has 0 amide bonds. The molecule has 2 nitrogen and oxygen atoms in total. The number of allylic oxidation sites excluding steroid dienone is 1. The number of aliphatic hydroxyl groups is 1. The van der Waals surface area contributed by atoms with Gasteiger partial charge in [-0.2, -0.15) is 0 Å². The molecule has 0 spiro atoms. The van der Waals surface area contributed by atoms with Crippen molar-refractivity contribution in [1.29, 1.82) is 0 Å². The minimum atomic E-state index is -0.279. The summed E-state index contributed by atoms with van der Waals surface area (Å²) < 4.78 is 0. The fourth-order valence-electron chi connectivity index (χ4n) is 7.67. The zero-order valence-corrected chi connectivity index (χ0v) is 20.5. The van der Waals surface area contributed by atoms with Crippen LogP contribution in [0.2, 0.25) is 0 Å². The van der Waals surface area contributed by atoms with Crippen molar-refractivity contribution >= 4 is 5.78 Å². The summed E-state index contributed by atoms with van der Waals surface area (Å²) in [4.78, 5) is 13.2. The molecule has 1 N–H and O–H groups in total. The predicted molar refractivity (Wildman–Crippen MR) is 131 cm³/mol. The number of carbonyl (C=O) groups is 1. The van der Waals surface area contributed by atoms with E-state index in [1.165, 1.54) is 96.3 Å². The number of carbonyl (C=O) groups excluding carboxylic acids is 1. The lowest BCUT2D eigenvalue weighted by atomic mass is 9.44. The first-order valence-corrected chi connectivity index (χ1v) is 13.9. The van der Waals surface area contributed by atoms with Gasteiger partial charge in [0.25, 0.3) is 0 Å². The molecule has 0 aromatic heterocycles. The first-order valence-electron chi connectivity index (χ1n) is 13.9. The maximum atomic E-state index is 13.2. The van der Waals surface area contributed by atoms with Crippen LogP contribution < -0.4 is 0 Å². The zero-order chi connectivity index (χ0) is 22.1. The fourth-order valence-corrected chi connectivity index (χ4v) is 7.67. The Balaban J connectivity index is 1.27. The molecule has 4 bridgehead atoms. The molecule has 31 heavy (non-hydrogen) atoms. The molecule has 4 aliphatic rings. The van der Waals surface area contributed by atoms with E-state index < -0.39 is 0 Å². The third-order valence-corrected chi connectivity index (χ3v) is 9.04. The first-order chi connectivity index (χ1) is 15.1. The van der Waals surface area contributed by atoms with Gasteiger partial charge in [-0.05, 0) is 56.3 Å². The van der Waals surface area contributed by atoms with Crippen LogP contribution in [0.3, 0.4) is 0 Å². The number of ketones is 1. The van der Waals surface area contributed by atoms with Crippen LogP contribution in [0.15, 0.2) is 12.7 Å². The lowest BCUT2D eigenvalue weighted by Crippen LogP contribution is -2.59. The van der Waals surface area contributed by atoms with Crippen LogP contribution in [0, 0.1) is 29.1 Å². The van der Waals surface area contributed by atoms with Gasteiger partial charge in [0, 0.05) is 17.8 Å². The van der Waals surface area contributed by atoms with Crippen molar-refractivity contribution in [3.05, 3.63) is 12.7 Å². The van der Waals surface area contributed by atoms with E-state index in [9.17, 15) is 9.90 Å². The molecule has 4 rings (SSSR count). The lowest BCUT2D eigenvalue weighted by molar-refractivity contribution is -0.177. The minimum absolute atomic E-state index is 0.117. The summed E-state index contributed by atoms with van der Waals surface area (Å²) in [6.07, 6.45) is 25.5. The van der Waals surface area contributed by atoms with Crippen LogP contribution in [-0.4, -0.2) is 17.0 Å². The number of hydrogen-bond acceptors (Lipinski definition) is 2. The van der Waals surface area contributed by atoms with Crippen molar-refractivity contribution in [1.82, 2.24) is 0 Å². The van der Waals surface area contributed by atoms with Crippen molar-refractivity contribution in [3.63, 3.8) is 0 Å².